The van der Waals surface area contributed by atoms with E-state index < -0.39 is 35.3 Å². The van der Waals surface area contributed by atoms with Crippen molar-refractivity contribution in [3.05, 3.63) is 141 Å². The third-order valence-electron chi connectivity index (χ3n) is 16.1. The number of carbonyl (C=O) groups is 2. The van der Waals surface area contributed by atoms with E-state index in [1.165, 1.54) is 10.8 Å². The maximum atomic E-state index is 13.4. The summed E-state index contributed by atoms with van der Waals surface area (Å²) < 4.78 is 24.0. The number of hydrogen-bond acceptors (Lipinski definition) is 13. The molecular weight excluding hydrogens is 1160 g/mol. The number of likely N-dealkylation sites (tertiary alicyclic amines) is 1. The van der Waals surface area contributed by atoms with Crippen molar-refractivity contribution in [2.24, 2.45) is 14.1 Å². The van der Waals surface area contributed by atoms with Crippen LogP contribution >= 0.6 is 45.9 Å². The first kappa shape index (κ1) is 61.1. The summed E-state index contributed by atoms with van der Waals surface area (Å²) >= 11 is 15.8. The molecule has 0 aliphatic carbocycles. The minimum absolute atomic E-state index is 0.265. The number of nitrogens with zero attached hydrogens (tertiary/aromatic N) is 7. The summed E-state index contributed by atoms with van der Waals surface area (Å²) in [4.78, 5) is 38.8. The van der Waals surface area contributed by atoms with Gasteiger partial charge in [0.15, 0.2) is 12.2 Å². The van der Waals surface area contributed by atoms with Gasteiger partial charge >= 0.3 is 11.9 Å². The second-order valence-electron chi connectivity index (χ2n) is 24.6. The average molecular weight is 1230 g/mol. The minimum Gasteiger partial charge on any atom is -0.479 e. The predicted molar refractivity (Wildman–Crippen MR) is 350 cm³/mol. The second kappa shape index (κ2) is 24.5. The zero-order valence-electron chi connectivity index (χ0n) is 50.9. The van der Waals surface area contributed by atoms with Gasteiger partial charge in [0.2, 0.25) is 0 Å². The number of thiazole rings is 2. The molecule has 14 nitrogen and oxygen atoms in total. The van der Waals surface area contributed by atoms with E-state index in [-0.39, 0.29) is 6.61 Å². The van der Waals surface area contributed by atoms with E-state index >= 15 is 0 Å². The molecule has 0 amide bonds. The van der Waals surface area contributed by atoms with Crippen molar-refractivity contribution < 1.29 is 28.9 Å². The van der Waals surface area contributed by atoms with Gasteiger partial charge in [0.25, 0.3) is 0 Å². The molecule has 86 heavy (non-hydrogen) atoms. The normalized spacial score (nSPS) is 16.6. The first-order chi connectivity index (χ1) is 41.0. The van der Waals surface area contributed by atoms with E-state index in [1.807, 2.05) is 140 Å². The molecule has 0 spiro atoms. The molecule has 448 valence electrons. The molecule has 2 aliphatic heterocycles. The molecular formula is C68H74Cl2N8O6S2. The number of fused-ring (bicyclic) bond motifs is 4. The number of esters is 1. The Kier molecular flexibility index (Phi) is 17.4. The number of likely N-dealkylation sites (N-methyl/N-ethyl adjacent to an activating group) is 1. The van der Waals surface area contributed by atoms with Crippen molar-refractivity contribution in [1.82, 2.24) is 39.7 Å². The van der Waals surface area contributed by atoms with E-state index in [9.17, 15) is 14.7 Å². The van der Waals surface area contributed by atoms with Crippen LogP contribution in [0.5, 0.6) is 0 Å². The summed E-state index contributed by atoms with van der Waals surface area (Å²) in [6.07, 6.45) is 0.139. The van der Waals surface area contributed by atoms with Gasteiger partial charge in [-0.05, 0) is 190 Å². The molecule has 2 saturated heterocycles. The number of nitrogens with one attached hydrogen (secondary N) is 1. The van der Waals surface area contributed by atoms with Gasteiger partial charge in [0, 0.05) is 93.2 Å². The van der Waals surface area contributed by atoms with E-state index in [0.717, 1.165) is 149 Å². The van der Waals surface area contributed by atoms with Crippen LogP contribution in [0.25, 0.3) is 85.6 Å². The van der Waals surface area contributed by atoms with Gasteiger partial charge in [-0.2, -0.15) is 10.2 Å². The van der Waals surface area contributed by atoms with Crippen LogP contribution in [-0.4, -0.2) is 102 Å². The summed E-state index contributed by atoms with van der Waals surface area (Å²) in [6, 6.07) is 32.3. The average Bonchev–Trinajstić information content (AvgIpc) is 1.53. The highest BCUT2D eigenvalue weighted by Gasteiger charge is 2.36. The molecule has 0 saturated carbocycles. The highest BCUT2D eigenvalue weighted by molar-refractivity contribution is 7.22. The van der Waals surface area contributed by atoms with Gasteiger partial charge in [0.05, 0.1) is 60.7 Å². The number of halogens is 2. The fourth-order valence-electron chi connectivity index (χ4n) is 12.2. The van der Waals surface area contributed by atoms with E-state index in [0.29, 0.717) is 27.4 Å². The lowest BCUT2D eigenvalue weighted by molar-refractivity contribution is -0.166. The maximum Gasteiger partial charge on any atom is 0.339 e. The standard InChI is InChI=1S/2C34H37ClN4O3S/c1-7-39-15-14-22(18-39)29-24-17-21(10-13-26(24)38(6)37-29)32-36-25-16-19(2)27(30(33(40)41)42-34(3,4)5)28(31(25)43-32)20-8-11-23(35)12-9-20;1-7-41-33(40)30(42-34(3,4)5)27-19(2)16-25-31(28(27)20-8-11-23(35)12-9-20)43-32(37-25)21-10-13-26-24(17-21)29(38-39(26)6)22-14-15-36-18-22/h8-13,16-17,22,30H,7,14-15,18H2,1-6H3,(H,40,41);8-13,16-17,22,30,36H,7,14-15,18H2,1-6H3/t2*22?,30-/m00/s1. The maximum absolute atomic E-state index is 13.4. The Morgan fingerprint density at radius 1 is 0.663 bits per heavy atom. The first-order valence-corrected chi connectivity index (χ1v) is 31.9. The van der Waals surface area contributed by atoms with Crippen LogP contribution in [0.3, 0.4) is 0 Å². The number of benzene rings is 6. The van der Waals surface area contributed by atoms with Gasteiger partial charge in [-0.1, -0.05) is 54.4 Å². The smallest absolute Gasteiger partial charge is 0.339 e. The summed E-state index contributed by atoms with van der Waals surface area (Å²) in [6.45, 7) is 24.8. The van der Waals surface area contributed by atoms with Gasteiger partial charge in [-0.3, -0.25) is 9.36 Å². The van der Waals surface area contributed by atoms with Crippen molar-refractivity contribution in [3.63, 3.8) is 0 Å². The first-order valence-electron chi connectivity index (χ1n) is 29.5. The zero-order chi connectivity index (χ0) is 61.1. The lowest BCUT2D eigenvalue weighted by Gasteiger charge is -2.29. The Balaban J connectivity index is 0.000000179. The molecule has 2 fully saturated rings. The van der Waals surface area contributed by atoms with Crippen LogP contribution in [0.1, 0.15) is 126 Å². The summed E-state index contributed by atoms with van der Waals surface area (Å²) in [7, 11) is 4.02. The molecule has 2 N–H and O–H groups in total. The highest BCUT2D eigenvalue weighted by atomic mass is 35.5. The Labute approximate surface area is 520 Å². The predicted octanol–water partition coefficient (Wildman–Crippen LogP) is 16.2. The lowest BCUT2D eigenvalue weighted by Crippen LogP contribution is -2.29. The number of rotatable bonds is 14. The highest BCUT2D eigenvalue weighted by Crippen LogP contribution is 2.48. The Morgan fingerprint density at radius 2 is 1.13 bits per heavy atom. The Morgan fingerprint density at radius 3 is 1.56 bits per heavy atom. The molecule has 4 aromatic heterocycles. The SMILES string of the molecule is CCN1CCC(c2nn(C)c3ccc(-c4nc5cc(C)c([C@H](OC(C)(C)C)C(=O)O)c(-c6ccc(Cl)cc6)c5s4)cc23)C1.CCOC(=O)[C@@H](OC(C)(C)C)c1c(C)cc2nc(-c3ccc4c(c3)c(C3CCNC3)nn4C)sc2c1-c1ccc(Cl)cc1. The largest absolute Gasteiger partial charge is 0.479 e. The summed E-state index contributed by atoms with van der Waals surface area (Å²) in [5.41, 5.74) is 13.7. The number of ether oxygens (including phenoxy) is 3. The van der Waals surface area contributed by atoms with E-state index in [2.05, 4.69) is 59.6 Å². The molecule has 18 heteroatoms. The molecule has 0 bridgehead atoms. The fraction of sp³-hybridized carbons (Fsp3) is 0.382. The van der Waals surface area contributed by atoms with Crippen molar-refractivity contribution in [3.8, 4) is 43.4 Å². The van der Waals surface area contributed by atoms with Crippen LogP contribution < -0.4 is 5.32 Å². The molecule has 2 aliphatic rings. The summed E-state index contributed by atoms with van der Waals surface area (Å²) in [5, 5.41) is 29.1. The van der Waals surface area contributed by atoms with Gasteiger partial charge in [-0.25, -0.2) is 19.6 Å². The number of hydrogen-bond donors (Lipinski definition) is 2. The monoisotopic (exact) mass is 1230 g/mol. The number of aryl methyl sites for hydroxylation is 4. The second-order valence-corrected chi connectivity index (χ2v) is 27.4. The van der Waals surface area contributed by atoms with Gasteiger partial charge < -0.3 is 29.5 Å². The molecule has 10 aromatic rings. The van der Waals surface area contributed by atoms with Gasteiger partial charge in [-0.15, -0.1) is 22.7 Å². The third kappa shape index (κ3) is 12.5. The molecule has 6 aromatic carbocycles. The number of carboxylic acid groups (broad SMARTS) is 1. The number of carbonyl (C=O) groups excluding carboxylic acids is 1. The van der Waals surface area contributed by atoms with Crippen LogP contribution in [0.4, 0.5) is 0 Å². The number of aromatic nitrogens is 6. The van der Waals surface area contributed by atoms with Crippen molar-refractivity contribution in [2.75, 3.05) is 39.3 Å². The minimum atomic E-state index is -1.15. The number of carboxylic acids is 1. The molecule has 4 atom stereocenters. The Hall–Kier alpha value is -6.60. The van der Waals surface area contributed by atoms with Crippen molar-refractivity contribution in [2.45, 2.75) is 117 Å². The topological polar surface area (TPSA) is 159 Å². The number of aliphatic carboxylic acids is 1. The molecule has 2 unspecified atom stereocenters. The molecule has 12 rings (SSSR count). The van der Waals surface area contributed by atoms with E-state index in [1.54, 1.807) is 22.7 Å². The Bertz CT molecular complexity index is 4190. The van der Waals surface area contributed by atoms with Crippen molar-refractivity contribution >= 4 is 100 Å². The van der Waals surface area contributed by atoms with Crippen LogP contribution in [0.15, 0.2) is 97.1 Å². The van der Waals surface area contributed by atoms with Crippen LogP contribution in [0, 0.1) is 13.8 Å². The lowest BCUT2D eigenvalue weighted by atomic mass is 9.91. The zero-order valence-corrected chi connectivity index (χ0v) is 54.0. The van der Waals surface area contributed by atoms with Crippen molar-refractivity contribution in [1.29, 1.82) is 0 Å². The van der Waals surface area contributed by atoms with Crippen LogP contribution in [0.2, 0.25) is 10.0 Å². The molecule has 6 heterocycles. The third-order valence-corrected chi connectivity index (χ3v) is 18.9. The van der Waals surface area contributed by atoms with E-state index in [4.69, 9.17) is 57.6 Å². The fourth-order valence-corrected chi connectivity index (χ4v) is 14.7. The summed E-state index contributed by atoms with van der Waals surface area (Å²) in [5.74, 6) is -0.623. The van der Waals surface area contributed by atoms with Crippen LogP contribution in [-0.2, 0) is 37.9 Å². The quantitative estimate of drug-likeness (QED) is 0.0994. The van der Waals surface area contributed by atoms with Gasteiger partial charge in [0.1, 0.15) is 10.0 Å². The molecule has 0 radical (unpaired) electrons.